The normalized spacial score (nSPS) is 19.3. The summed E-state index contributed by atoms with van der Waals surface area (Å²) in [7, 11) is 0. The molecule has 1 aliphatic rings. The fraction of sp³-hybridized carbons (Fsp3) is 1.00. The third-order valence-corrected chi connectivity index (χ3v) is 2.14. The molecule has 9 heavy (non-hydrogen) atoms. The lowest BCUT2D eigenvalue weighted by Gasteiger charge is -1.91. The zero-order chi connectivity index (χ0) is 6.95. The summed E-state index contributed by atoms with van der Waals surface area (Å²) in [6.07, 6.45) is 1.35. The monoisotopic (exact) mass is 147 g/mol. The molecule has 0 radical (unpaired) electrons. The second-order valence-corrected chi connectivity index (χ2v) is 2.94. The van der Waals surface area contributed by atoms with Crippen molar-refractivity contribution in [1.82, 2.24) is 5.32 Å². The molecule has 0 aromatic rings. The topological polar surface area (TPSA) is 12.0 Å². The molecule has 1 saturated heterocycles. The van der Waals surface area contributed by atoms with E-state index in [1.807, 2.05) is 13.8 Å². The molecule has 0 saturated carbocycles. The van der Waals surface area contributed by atoms with E-state index in [-0.39, 0.29) is 0 Å². The first kappa shape index (κ1) is 9.31. The second kappa shape index (κ2) is 8.31. The Morgan fingerprint density at radius 1 is 1.11 bits per heavy atom. The fourth-order valence-corrected chi connectivity index (χ4v) is 1.51. The van der Waals surface area contributed by atoms with Crippen molar-refractivity contribution >= 4 is 11.8 Å². The van der Waals surface area contributed by atoms with Crippen LogP contribution in [0.1, 0.15) is 20.3 Å². The molecule has 56 valence electrons. The van der Waals surface area contributed by atoms with Crippen molar-refractivity contribution in [3.63, 3.8) is 0 Å². The van der Waals surface area contributed by atoms with Gasteiger partial charge in [-0.3, -0.25) is 0 Å². The highest BCUT2D eigenvalue weighted by Gasteiger charge is 1.94. The van der Waals surface area contributed by atoms with Gasteiger partial charge in [0, 0.05) is 12.3 Å². The Balaban J connectivity index is 0.000000291. The lowest BCUT2D eigenvalue weighted by Crippen LogP contribution is -2.15. The highest BCUT2D eigenvalue weighted by Crippen LogP contribution is 2.02. The molecule has 1 heterocycles. The van der Waals surface area contributed by atoms with E-state index in [1.54, 1.807) is 0 Å². The van der Waals surface area contributed by atoms with Crippen molar-refractivity contribution in [3.05, 3.63) is 0 Å². The van der Waals surface area contributed by atoms with Gasteiger partial charge in [-0.2, -0.15) is 11.8 Å². The Morgan fingerprint density at radius 3 is 2.67 bits per heavy atom. The number of rotatable bonds is 0. The smallest absolute Gasteiger partial charge is 0.00581 e. The van der Waals surface area contributed by atoms with Crippen LogP contribution < -0.4 is 5.32 Å². The Bertz CT molecular complexity index is 28.5. The maximum absolute atomic E-state index is 3.33. The molecule has 0 aliphatic carbocycles. The lowest BCUT2D eigenvalue weighted by atomic mass is 10.5. The van der Waals surface area contributed by atoms with Crippen molar-refractivity contribution in [3.8, 4) is 0 Å². The predicted octanol–water partition coefficient (Wildman–Crippen LogP) is 1.74. The molecular weight excluding hydrogens is 130 g/mol. The second-order valence-electron chi connectivity index (χ2n) is 1.72. The van der Waals surface area contributed by atoms with Crippen LogP contribution in [0.4, 0.5) is 0 Å². The van der Waals surface area contributed by atoms with Gasteiger partial charge in [0.1, 0.15) is 0 Å². The Labute approximate surface area is 62.6 Å². The van der Waals surface area contributed by atoms with E-state index < -0.39 is 0 Å². The van der Waals surface area contributed by atoms with E-state index >= 15 is 0 Å². The SMILES string of the molecule is C1CNCCSC1.CC. The van der Waals surface area contributed by atoms with Gasteiger partial charge in [-0.25, -0.2) is 0 Å². The minimum atomic E-state index is 1.21. The number of nitrogens with one attached hydrogen (secondary N) is 1. The molecule has 0 bridgehead atoms. The molecule has 0 unspecified atom stereocenters. The van der Waals surface area contributed by atoms with E-state index in [0.717, 1.165) is 0 Å². The van der Waals surface area contributed by atoms with Gasteiger partial charge < -0.3 is 5.32 Å². The molecule has 0 aromatic carbocycles. The zero-order valence-electron chi connectivity index (χ0n) is 6.44. The van der Waals surface area contributed by atoms with Crippen LogP contribution in [0.5, 0.6) is 0 Å². The standard InChI is InChI=1S/C5H11NS.C2H6/c1-2-6-3-5-7-4-1;1-2/h6H,1-5H2;1-2H3. The van der Waals surface area contributed by atoms with Crippen LogP contribution in [0.3, 0.4) is 0 Å². The molecule has 0 spiro atoms. The molecule has 1 fully saturated rings. The highest BCUT2D eigenvalue weighted by molar-refractivity contribution is 7.99. The summed E-state index contributed by atoms with van der Waals surface area (Å²) in [5.74, 6) is 2.66. The maximum Gasteiger partial charge on any atom is 0.00581 e. The first-order valence-corrected chi connectivity index (χ1v) is 4.94. The van der Waals surface area contributed by atoms with Gasteiger partial charge in [0.05, 0.1) is 0 Å². The van der Waals surface area contributed by atoms with Crippen LogP contribution in [-0.2, 0) is 0 Å². The third-order valence-electron chi connectivity index (χ3n) is 1.07. The third kappa shape index (κ3) is 6.19. The first-order chi connectivity index (χ1) is 4.50. The highest BCUT2D eigenvalue weighted by atomic mass is 32.2. The van der Waals surface area contributed by atoms with E-state index in [9.17, 15) is 0 Å². The van der Waals surface area contributed by atoms with Crippen molar-refractivity contribution in [1.29, 1.82) is 0 Å². The van der Waals surface area contributed by atoms with Crippen LogP contribution >= 0.6 is 11.8 Å². The van der Waals surface area contributed by atoms with E-state index in [4.69, 9.17) is 0 Å². The van der Waals surface area contributed by atoms with Gasteiger partial charge in [0.15, 0.2) is 0 Å². The zero-order valence-corrected chi connectivity index (χ0v) is 7.26. The Kier molecular flexibility index (Phi) is 8.60. The average molecular weight is 147 g/mol. The van der Waals surface area contributed by atoms with Crippen LogP contribution in [0.15, 0.2) is 0 Å². The summed E-state index contributed by atoms with van der Waals surface area (Å²) in [5, 5.41) is 3.33. The van der Waals surface area contributed by atoms with Crippen LogP contribution in [0, 0.1) is 0 Å². The van der Waals surface area contributed by atoms with Crippen molar-refractivity contribution in [2.24, 2.45) is 0 Å². The van der Waals surface area contributed by atoms with Gasteiger partial charge in [0.2, 0.25) is 0 Å². The Morgan fingerprint density at radius 2 is 1.89 bits per heavy atom. The van der Waals surface area contributed by atoms with Gasteiger partial charge in [-0.15, -0.1) is 0 Å². The minimum Gasteiger partial charge on any atom is -0.316 e. The van der Waals surface area contributed by atoms with Gasteiger partial charge in [-0.1, -0.05) is 13.8 Å². The van der Waals surface area contributed by atoms with Crippen LogP contribution in [0.25, 0.3) is 0 Å². The van der Waals surface area contributed by atoms with Gasteiger partial charge in [0.25, 0.3) is 0 Å². The number of hydrogen-bond donors (Lipinski definition) is 1. The number of thioether (sulfide) groups is 1. The molecule has 1 rings (SSSR count). The average Bonchev–Trinajstić information content (AvgIpc) is 2.21. The van der Waals surface area contributed by atoms with Gasteiger partial charge in [-0.05, 0) is 18.7 Å². The Hall–Kier alpha value is 0.310. The first-order valence-electron chi connectivity index (χ1n) is 3.78. The predicted molar refractivity (Wildman–Crippen MR) is 46.2 cm³/mol. The lowest BCUT2D eigenvalue weighted by molar-refractivity contribution is 0.724. The van der Waals surface area contributed by atoms with E-state index in [0.29, 0.717) is 0 Å². The summed E-state index contributed by atoms with van der Waals surface area (Å²) in [5.41, 5.74) is 0. The molecule has 1 aliphatic heterocycles. The van der Waals surface area contributed by atoms with Crippen LogP contribution in [0.2, 0.25) is 0 Å². The summed E-state index contributed by atoms with van der Waals surface area (Å²) >= 11 is 2.05. The van der Waals surface area contributed by atoms with Crippen molar-refractivity contribution in [2.75, 3.05) is 24.6 Å². The quantitative estimate of drug-likeness (QED) is 0.560. The minimum absolute atomic E-state index is 1.21. The summed E-state index contributed by atoms with van der Waals surface area (Å²) in [4.78, 5) is 0. The van der Waals surface area contributed by atoms with Gasteiger partial charge >= 0.3 is 0 Å². The van der Waals surface area contributed by atoms with Crippen molar-refractivity contribution < 1.29 is 0 Å². The molecule has 1 nitrogen and oxygen atoms in total. The molecular formula is C7H17NS. The maximum atomic E-state index is 3.33. The molecule has 0 atom stereocenters. The summed E-state index contributed by atoms with van der Waals surface area (Å²) in [6.45, 7) is 6.44. The molecule has 2 heteroatoms. The van der Waals surface area contributed by atoms with Crippen LogP contribution in [-0.4, -0.2) is 24.6 Å². The molecule has 0 aromatic heterocycles. The number of hydrogen-bond acceptors (Lipinski definition) is 2. The van der Waals surface area contributed by atoms with E-state index in [1.165, 1.54) is 31.0 Å². The van der Waals surface area contributed by atoms with E-state index in [2.05, 4.69) is 17.1 Å². The summed E-state index contributed by atoms with van der Waals surface area (Å²) < 4.78 is 0. The molecule has 0 amide bonds. The summed E-state index contributed by atoms with van der Waals surface area (Å²) in [6, 6.07) is 0. The van der Waals surface area contributed by atoms with Crippen molar-refractivity contribution in [2.45, 2.75) is 20.3 Å². The molecule has 1 N–H and O–H groups in total. The largest absolute Gasteiger partial charge is 0.316 e. The fourth-order valence-electron chi connectivity index (χ4n) is 0.671.